The molecule has 0 aliphatic carbocycles. The van der Waals surface area contributed by atoms with Gasteiger partial charge < -0.3 is 0 Å². The van der Waals surface area contributed by atoms with Crippen molar-refractivity contribution in [3.8, 4) is 11.3 Å². The van der Waals surface area contributed by atoms with Crippen molar-refractivity contribution in [1.29, 1.82) is 0 Å². The molecule has 0 bridgehead atoms. The van der Waals surface area contributed by atoms with Gasteiger partial charge in [-0.15, -0.1) is 46.8 Å². The summed E-state index contributed by atoms with van der Waals surface area (Å²) in [6.45, 7) is 3.53. The van der Waals surface area contributed by atoms with Gasteiger partial charge in [-0.1, -0.05) is 60.7 Å². The molecule has 1 aliphatic rings. The van der Waals surface area contributed by atoms with Crippen LogP contribution in [0.4, 0.5) is 0 Å². The molecule has 160 valence electrons. The molecular weight excluding hydrogens is 433 g/mol. The Bertz CT molecular complexity index is 839. The normalized spacial score (nSPS) is 14.5. The van der Waals surface area contributed by atoms with E-state index in [1.54, 1.807) is 0 Å². The number of hydrogen-bond acceptors (Lipinski definition) is 4. The van der Waals surface area contributed by atoms with Crippen LogP contribution >= 0.6 is 36.6 Å². The Kier molecular flexibility index (Phi) is 10.7. The maximum absolute atomic E-state index is 4.40. The molecule has 1 aliphatic heterocycles. The van der Waals surface area contributed by atoms with E-state index in [2.05, 4.69) is 69.7 Å². The van der Waals surface area contributed by atoms with E-state index in [1.165, 1.54) is 37.9 Å². The van der Waals surface area contributed by atoms with Gasteiger partial charge in [0.05, 0.1) is 5.69 Å². The largest absolute Gasteiger partial charge is 0.299 e. The average Bonchev–Trinajstić information content (AvgIpc) is 2.77. The predicted molar refractivity (Wildman–Crippen MR) is 132 cm³/mol. The zero-order valence-electron chi connectivity index (χ0n) is 17.0. The Morgan fingerprint density at radius 1 is 0.800 bits per heavy atom. The molecule has 0 N–H and O–H groups in total. The zero-order valence-corrected chi connectivity index (χ0v) is 19.5. The second-order valence-electron chi connectivity index (χ2n) is 7.47. The Labute approximate surface area is 196 Å². The second-order valence-corrected chi connectivity index (χ2v) is 8.58. The minimum absolute atomic E-state index is 0. The Morgan fingerprint density at radius 2 is 1.47 bits per heavy atom. The minimum atomic E-state index is 0. The first kappa shape index (κ1) is 24.7. The van der Waals surface area contributed by atoms with E-state index in [9.17, 15) is 0 Å². The van der Waals surface area contributed by atoms with Gasteiger partial charge in [0, 0.05) is 12.1 Å². The number of benzene rings is 2. The van der Waals surface area contributed by atoms with Crippen molar-refractivity contribution >= 4 is 36.6 Å². The quantitative estimate of drug-likeness (QED) is 0.381. The van der Waals surface area contributed by atoms with Crippen LogP contribution in [-0.4, -0.2) is 33.9 Å². The van der Waals surface area contributed by atoms with Gasteiger partial charge in [0.1, 0.15) is 5.03 Å². The fraction of sp³-hybridized carbons (Fsp3) is 0.333. The molecule has 3 aromatic rings. The van der Waals surface area contributed by atoms with Crippen molar-refractivity contribution in [2.45, 2.75) is 30.8 Å². The number of hydrogen-bond donors (Lipinski definition) is 0. The first-order valence-corrected chi connectivity index (χ1v) is 11.1. The van der Waals surface area contributed by atoms with Crippen LogP contribution < -0.4 is 0 Å². The van der Waals surface area contributed by atoms with Crippen LogP contribution in [0.15, 0.2) is 77.8 Å². The van der Waals surface area contributed by atoms with Gasteiger partial charge in [-0.3, -0.25) is 4.90 Å². The highest BCUT2D eigenvalue weighted by Crippen LogP contribution is 2.26. The third-order valence-corrected chi connectivity index (χ3v) is 6.40. The summed E-state index contributed by atoms with van der Waals surface area (Å²) in [4.78, 5) is 2.59. The molecule has 2 heterocycles. The van der Waals surface area contributed by atoms with Crippen LogP contribution in [0.3, 0.4) is 0 Å². The fourth-order valence-corrected chi connectivity index (χ4v) is 4.69. The van der Waals surface area contributed by atoms with Crippen LogP contribution in [-0.2, 0) is 6.54 Å². The zero-order chi connectivity index (χ0) is 19.0. The van der Waals surface area contributed by atoms with Crippen molar-refractivity contribution in [2.75, 3.05) is 18.8 Å². The summed E-state index contributed by atoms with van der Waals surface area (Å²) in [7, 11) is 0. The van der Waals surface area contributed by atoms with E-state index in [-0.39, 0.29) is 24.8 Å². The lowest BCUT2D eigenvalue weighted by Crippen LogP contribution is -2.33. The van der Waals surface area contributed by atoms with E-state index >= 15 is 0 Å². The average molecular weight is 462 g/mol. The highest BCUT2D eigenvalue weighted by atomic mass is 35.5. The van der Waals surface area contributed by atoms with Crippen molar-refractivity contribution in [1.82, 2.24) is 15.1 Å². The molecule has 0 unspecified atom stereocenters. The standard InChI is InChI=1S/C24H27N3S.2ClH/c1-3-7-21(8-4-1)19-27-16-13-20(14-17-27)15-18-28-24-12-11-23(25-26-24)22-9-5-2-6-10-22;;/h1-12,20H,13-19H2;2*1H. The summed E-state index contributed by atoms with van der Waals surface area (Å²) < 4.78 is 0. The molecule has 0 spiro atoms. The molecule has 4 rings (SSSR count). The van der Waals surface area contributed by atoms with Crippen molar-refractivity contribution in [3.63, 3.8) is 0 Å². The lowest BCUT2D eigenvalue weighted by Gasteiger charge is -2.32. The molecule has 1 aromatic heterocycles. The third-order valence-electron chi connectivity index (χ3n) is 5.44. The van der Waals surface area contributed by atoms with E-state index < -0.39 is 0 Å². The monoisotopic (exact) mass is 461 g/mol. The van der Waals surface area contributed by atoms with Gasteiger partial charge in [-0.05, 0) is 61.7 Å². The minimum Gasteiger partial charge on any atom is -0.299 e. The van der Waals surface area contributed by atoms with Crippen molar-refractivity contribution in [3.05, 3.63) is 78.4 Å². The Morgan fingerprint density at radius 3 is 2.10 bits per heavy atom. The molecule has 2 aromatic carbocycles. The molecule has 30 heavy (non-hydrogen) atoms. The molecule has 0 radical (unpaired) electrons. The number of aromatic nitrogens is 2. The van der Waals surface area contributed by atoms with E-state index in [4.69, 9.17) is 0 Å². The van der Waals surface area contributed by atoms with Crippen LogP contribution in [0, 0.1) is 5.92 Å². The molecule has 1 saturated heterocycles. The second kappa shape index (κ2) is 13.0. The van der Waals surface area contributed by atoms with Gasteiger partial charge in [0.15, 0.2) is 0 Å². The van der Waals surface area contributed by atoms with Crippen molar-refractivity contribution < 1.29 is 0 Å². The lowest BCUT2D eigenvalue weighted by molar-refractivity contribution is 0.175. The number of thioether (sulfide) groups is 1. The molecular formula is C24H29Cl2N3S. The summed E-state index contributed by atoms with van der Waals surface area (Å²) in [5.74, 6) is 1.97. The number of likely N-dealkylation sites (tertiary alicyclic amines) is 1. The molecule has 3 nitrogen and oxygen atoms in total. The summed E-state index contributed by atoms with van der Waals surface area (Å²) in [6.07, 6.45) is 3.89. The molecule has 0 amide bonds. The van der Waals surface area contributed by atoms with Gasteiger partial charge in [0.25, 0.3) is 0 Å². The predicted octanol–water partition coefficient (Wildman–Crippen LogP) is 6.38. The van der Waals surface area contributed by atoms with Crippen molar-refractivity contribution in [2.24, 2.45) is 5.92 Å². The number of nitrogens with zero attached hydrogens (tertiary/aromatic N) is 3. The summed E-state index contributed by atoms with van der Waals surface area (Å²) >= 11 is 1.83. The van der Waals surface area contributed by atoms with Gasteiger partial charge in [-0.2, -0.15) is 0 Å². The lowest BCUT2D eigenvalue weighted by atomic mass is 9.94. The maximum atomic E-state index is 4.40. The number of piperidine rings is 1. The van der Waals surface area contributed by atoms with Crippen LogP contribution in [0.2, 0.25) is 0 Å². The van der Waals surface area contributed by atoms with E-state index in [0.717, 1.165) is 34.5 Å². The fourth-order valence-electron chi connectivity index (χ4n) is 3.76. The van der Waals surface area contributed by atoms with E-state index in [0.29, 0.717) is 0 Å². The highest BCUT2D eigenvalue weighted by Gasteiger charge is 2.19. The smallest absolute Gasteiger partial charge is 0.119 e. The Balaban J connectivity index is 0.00000160. The molecule has 0 atom stereocenters. The molecule has 1 fully saturated rings. The number of rotatable bonds is 7. The van der Waals surface area contributed by atoms with Crippen LogP contribution in [0.1, 0.15) is 24.8 Å². The highest BCUT2D eigenvalue weighted by molar-refractivity contribution is 7.99. The van der Waals surface area contributed by atoms with Gasteiger partial charge in [0.2, 0.25) is 0 Å². The van der Waals surface area contributed by atoms with Crippen LogP contribution in [0.25, 0.3) is 11.3 Å². The summed E-state index contributed by atoms with van der Waals surface area (Å²) in [5, 5.41) is 9.82. The number of halogens is 2. The Hall–Kier alpha value is -1.59. The first-order chi connectivity index (χ1) is 13.9. The van der Waals surface area contributed by atoms with Gasteiger partial charge in [-0.25, -0.2) is 0 Å². The van der Waals surface area contributed by atoms with Crippen LogP contribution in [0.5, 0.6) is 0 Å². The molecule has 0 saturated carbocycles. The summed E-state index contributed by atoms with van der Waals surface area (Å²) in [5.41, 5.74) is 3.48. The van der Waals surface area contributed by atoms with E-state index in [1.807, 2.05) is 30.0 Å². The maximum Gasteiger partial charge on any atom is 0.119 e. The summed E-state index contributed by atoms with van der Waals surface area (Å²) in [6, 6.07) is 25.2. The SMILES string of the molecule is Cl.Cl.c1ccc(CN2CCC(CCSc3ccc(-c4ccccc4)nn3)CC2)cc1. The third kappa shape index (κ3) is 7.28. The van der Waals surface area contributed by atoms with Gasteiger partial charge >= 0.3 is 0 Å². The first-order valence-electron chi connectivity index (χ1n) is 10.1. The topological polar surface area (TPSA) is 29.0 Å². The molecule has 6 heteroatoms.